The van der Waals surface area contributed by atoms with E-state index in [-0.39, 0.29) is 123 Å². The van der Waals surface area contributed by atoms with Crippen molar-refractivity contribution >= 4 is 5.78 Å². The molecule has 8 atom stereocenters. The van der Waals surface area contributed by atoms with E-state index in [2.05, 4.69) is 13.8 Å². The molecule has 0 amide bonds. The summed E-state index contributed by atoms with van der Waals surface area (Å²) in [4.78, 5) is 12.2. The van der Waals surface area contributed by atoms with Crippen LogP contribution in [0.2, 0.25) is 0 Å². The van der Waals surface area contributed by atoms with E-state index in [0.717, 1.165) is 30.6 Å². The molecule has 4 heteroatoms. The summed E-state index contributed by atoms with van der Waals surface area (Å²) in [5.74, 6) is 3.64. The number of fused-ring (bicyclic) bond motifs is 5. The summed E-state index contributed by atoms with van der Waals surface area (Å²) >= 11 is 0. The molecule has 0 spiro atoms. The molecule has 134 valence electrons. The number of carbonyl (C=O) groups excluding carboxylic acids is 1. The SMILES string of the molecule is CC(=O)[C@H]1CC[C@H]2[C@@H]3CC[C@@H]4CCCC(O)[C@]4(C)[C@H]3CC[C@]12C.[H-].[H-].[K+].[K+]. The van der Waals surface area contributed by atoms with Crippen molar-refractivity contribution in [3.8, 4) is 0 Å². The number of hydrogen-bond donors (Lipinski definition) is 1. The first-order chi connectivity index (χ1) is 10.9. The van der Waals surface area contributed by atoms with Crippen molar-refractivity contribution in [2.45, 2.75) is 84.7 Å². The summed E-state index contributed by atoms with van der Waals surface area (Å²) in [6.07, 6.45) is 10.9. The van der Waals surface area contributed by atoms with E-state index >= 15 is 0 Å². The van der Waals surface area contributed by atoms with Gasteiger partial charge in [-0.05, 0) is 92.8 Å². The van der Waals surface area contributed by atoms with Gasteiger partial charge < -0.3 is 7.96 Å². The molecule has 0 radical (unpaired) electrons. The van der Waals surface area contributed by atoms with Crippen LogP contribution in [-0.4, -0.2) is 17.0 Å². The molecule has 0 aliphatic heterocycles. The Labute approximate surface area is 242 Å². The van der Waals surface area contributed by atoms with Crippen LogP contribution in [0.4, 0.5) is 0 Å². The van der Waals surface area contributed by atoms with Crippen LogP contribution in [0.15, 0.2) is 0 Å². The van der Waals surface area contributed by atoms with Gasteiger partial charge in [0.2, 0.25) is 0 Å². The van der Waals surface area contributed by atoms with E-state index < -0.39 is 0 Å². The Morgan fingerprint density at radius 2 is 1.68 bits per heavy atom. The average Bonchev–Trinajstić information content (AvgIpc) is 2.86. The molecular weight excluding hydrogens is 362 g/mol. The first-order valence-corrected chi connectivity index (χ1v) is 10.1. The number of ketones is 1. The van der Waals surface area contributed by atoms with Crippen LogP contribution < -0.4 is 103 Å². The fourth-order valence-corrected chi connectivity index (χ4v) is 7.98. The Balaban J connectivity index is 0.00000169. The maximum absolute atomic E-state index is 12.2. The van der Waals surface area contributed by atoms with Crippen molar-refractivity contribution in [3.63, 3.8) is 0 Å². The van der Waals surface area contributed by atoms with E-state index in [9.17, 15) is 9.90 Å². The monoisotopic (exact) mass is 398 g/mol. The average molecular weight is 399 g/mol. The number of aliphatic hydroxyl groups excluding tert-OH is 1. The van der Waals surface area contributed by atoms with E-state index in [4.69, 9.17) is 0 Å². The largest absolute Gasteiger partial charge is 1.00 e. The molecule has 1 unspecified atom stereocenters. The van der Waals surface area contributed by atoms with Gasteiger partial charge in [-0.1, -0.05) is 20.3 Å². The summed E-state index contributed by atoms with van der Waals surface area (Å²) in [5, 5.41) is 10.9. The predicted molar refractivity (Wildman–Crippen MR) is 94.1 cm³/mol. The van der Waals surface area contributed by atoms with Crippen molar-refractivity contribution < 1.29 is 116 Å². The van der Waals surface area contributed by atoms with Crippen molar-refractivity contribution in [1.82, 2.24) is 0 Å². The molecule has 4 aliphatic carbocycles. The minimum Gasteiger partial charge on any atom is -1.00 e. The van der Waals surface area contributed by atoms with Gasteiger partial charge in [-0.15, -0.1) is 0 Å². The maximum atomic E-state index is 12.2. The Kier molecular flexibility index (Phi) is 8.66. The molecule has 0 bridgehead atoms. The zero-order valence-electron chi connectivity index (χ0n) is 19.2. The van der Waals surface area contributed by atoms with E-state index in [1.54, 1.807) is 0 Å². The molecule has 0 aromatic carbocycles. The van der Waals surface area contributed by atoms with E-state index in [1.165, 1.54) is 44.9 Å². The van der Waals surface area contributed by atoms with Gasteiger partial charge in [-0.2, -0.15) is 0 Å². The number of carbonyl (C=O) groups is 1. The second kappa shape index (κ2) is 8.95. The van der Waals surface area contributed by atoms with Crippen molar-refractivity contribution in [2.24, 2.45) is 40.4 Å². The smallest absolute Gasteiger partial charge is 1.00 e. The fourth-order valence-electron chi connectivity index (χ4n) is 7.98. The summed E-state index contributed by atoms with van der Waals surface area (Å²) in [6, 6.07) is 0. The molecule has 4 saturated carbocycles. The Hall–Kier alpha value is 2.90. The van der Waals surface area contributed by atoms with Gasteiger partial charge >= 0.3 is 103 Å². The van der Waals surface area contributed by atoms with Gasteiger partial charge in [0.25, 0.3) is 0 Å². The fraction of sp³-hybridized carbons (Fsp3) is 0.952. The Morgan fingerprint density at radius 3 is 2.36 bits per heavy atom. The van der Waals surface area contributed by atoms with Gasteiger partial charge in [0, 0.05) is 5.92 Å². The van der Waals surface area contributed by atoms with Gasteiger partial charge in [0.05, 0.1) is 6.10 Å². The molecule has 0 aromatic heterocycles. The van der Waals surface area contributed by atoms with Crippen molar-refractivity contribution in [3.05, 3.63) is 0 Å². The maximum Gasteiger partial charge on any atom is 1.00 e. The number of hydrogen-bond acceptors (Lipinski definition) is 2. The summed E-state index contributed by atoms with van der Waals surface area (Å²) in [5.41, 5.74) is 0.395. The quantitative estimate of drug-likeness (QED) is 0.565. The molecule has 4 rings (SSSR count). The second-order valence-electron chi connectivity index (χ2n) is 9.75. The van der Waals surface area contributed by atoms with Crippen LogP contribution in [0, 0.1) is 40.4 Å². The molecule has 4 fully saturated rings. The number of Topliss-reactive ketones (excluding diaryl/α,β-unsaturated/α-hetero) is 1. The van der Waals surface area contributed by atoms with Crippen LogP contribution in [-0.2, 0) is 4.79 Å². The minimum atomic E-state index is -0.0941. The van der Waals surface area contributed by atoms with E-state index in [0.29, 0.717) is 17.6 Å². The molecule has 0 saturated heterocycles. The zero-order valence-corrected chi connectivity index (χ0v) is 23.4. The number of rotatable bonds is 1. The Morgan fingerprint density at radius 1 is 0.960 bits per heavy atom. The third kappa shape index (κ3) is 3.73. The van der Waals surface area contributed by atoms with Crippen LogP contribution in [0.25, 0.3) is 0 Å². The molecule has 25 heavy (non-hydrogen) atoms. The molecule has 0 heterocycles. The standard InChI is InChI=1S/C21H34O2.2K.2H/c1-13(22)16-9-10-17-15-8-7-14-5-4-6-19(23)21(14,3)18(15)11-12-20(16,17)2;;;;/h14-19,23H,4-12H2,1-3H3;;;;/q;2*+1;2*-1/t14-,15-,16+,17-,18-,19?,20+,21-;;;;/m0..../s1. The zero-order chi connectivity index (χ0) is 16.4. The van der Waals surface area contributed by atoms with E-state index in [1.807, 2.05) is 6.92 Å². The second-order valence-corrected chi connectivity index (χ2v) is 9.75. The molecular formula is C21H36K2O2. The molecule has 1 N–H and O–H groups in total. The summed E-state index contributed by atoms with van der Waals surface area (Å²) in [6.45, 7) is 6.64. The summed E-state index contributed by atoms with van der Waals surface area (Å²) in [7, 11) is 0. The molecule has 2 nitrogen and oxygen atoms in total. The first-order valence-electron chi connectivity index (χ1n) is 10.1. The van der Waals surface area contributed by atoms with Gasteiger partial charge in [0.1, 0.15) is 5.78 Å². The Bertz CT molecular complexity index is 520. The van der Waals surface area contributed by atoms with Gasteiger partial charge in [-0.3, -0.25) is 4.79 Å². The van der Waals surface area contributed by atoms with Crippen molar-refractivity contribution in [2.75, 3.05) is 0 Å². The van der Waals surface area contributed by atoms with Crippen molar-refractivity contribution in [1.29, 1.82) is 0 Å². The van der Waals surface area contributed by atoms with Crippen LogP contribution in [0.3, 0.4) is 0 Å². The number of aliphatic hydroxyl groups is 1. The molecule has 0 aromatic rings. The first kappa shape index (κ1) is 24.2. The van der Waals surface area contributed by atoms with Crippen LogP contribution in [0.5, 0.6) is 0 Å². The molecule has 4 aliphatic rings. The minimum absolute atomic E-state index is 0. The topological polar surface area (TPSA) is 37.3 Å². The predicted octanol–water partition coefficient (Wildman–Crippen LogP) is -1.17. The van der Waals surface area contributed by atoms with Gasteiger partial charge in [-0.25, -0.2) is 0 Å². The van der Waals surface area contributed by atoms with Crippen LogP contribution in [0.1, 0.15) is 81.4 Å². The summed E-state index contributed by atoms with van der Waals surface area (Å²) < 4.78 is 0. The van der Waals surface area contributed by atoms with Crippen LogP contribution >= 0.6 is 0 Å². The third-order valence-electron chi connectivity index (χ3n) is 9.20. The normalized spacial score (nSPS) is 51.2. The van der Waals surface area contributed by atoms with Gasteiger partial charge in [0.15, 0.2) is 0 Å². The third-order valence-corrected chi connectivity index (χ3v) is 9.20.